The van der Waals surface area contributed by atoms with Gasteiger partial charge in [0, 0.05) is 19.2 Å². The molecule has 0 saturated carbocycles. The van der Waals surface area contributed by atoms with E-state index in [0.29, 0.717) is 24.6 Å². The lowest BCUT2D eigenvalue weighted by atomic mass is 10.1. The molecular formula is C17H22IN5O3. The van der Waals surface area contributed by atoms with Crippen molar-refractivity contribution in [2.45, 2.75) is 13.1 Å². The van der Waals surface area contributed by atoms with Crippen LogP contribution in [0.2, 0.25) is 0 Å². The third-order valence-corrected chi connectivity index (χ3v) is 3.33. The number of amides is 2. The summed E-state index contributed by atoms with van der Waals surface area (Å²) in [5, 5.41) is 8.75. The van der Waals surface area contributed by atoms with Crippen molar-refractivity contribution in [3.05, 3.63) is 59.5 Å². The van der Waals surface area contributed by atoms with Crippen molar-refractivity contribution in [2.24, 2.45) is 10.7 Å². The molecule has 9 heteroatoms. The SMILES string of the molecule is CN=C(NCc1ccc(C(=O)NCC(N)=O)cc1)NCc1ccco1.I. The van der Waals surface area contributed by atoms with Crippen LogP contribution in [0.4, 0.5) is 0 Å². The zero-order valence-corrected chi connectivity index (χ0v) is 16.7. The molecule has 2 aromatic rings. The number of benzene rings is 1. The molecule has 2 amide bonds. The fraction of sp³-hybridized carbons (Fsp3) is 0.235. The van der Waals surface area contributed by atoms with E-state index in [1.54, 1.807) is 25.4 Å². The summed E-state index contributed by atoms with van der Waals surface area (Å²) >= 11 is 0. The van der Waals surface area contributed by atoms with Crippen LogP contribution in [-0.2, 0) is 17.9 Å². The van der Waals surface area contributed by atoms with E-state index in [1.807, 2.05) is 24.3 Å². The van der Waals surface area contributed by atoms with Crippen molar-refractivity contribution in [3.63, 3.8) is 0 Å². The molecule has 140 valence electrons. The zero-order valence-electron chi connectivity index (χ0n) is 14.3. The Labute approximate surface area is 168 Å². The van der Waals surface area contributed by atoms with Crippen molar-refractivity contribution in [1.82, 2.24) is 16.0 Å². The second kappa shape index (κ2) is 11.1. The molecule has 26 heavy (non-hydrogen) atoms. The zero-order chi connectivity index (χ0) is 18.1. The molecule has 0 fully saturated rings. The molecule has 1 aromatic carbocycles. The van der Waals surface area contributed by atoms with Gasteiger partial charge in [0.05, 0.1) is 19.4 Å². The monoisotopic (exact) mass is 471 g/mol. The van der Waals surface area contributed by atoms with Gasteiger partial charge in [-0.15, -0.1) is 24.0 Å². The molecule has 1 heterocycles. The minimum absolute atomic E-state index is 0. The number of primary amides is 1. The van der Waals surface area contributed by atoms with Crippen molar-refractivity contribution in [2.75, 3.05) is 13.6 Å². The molecule has 0 aliphatic rings. The number of guanidine groups is 1. The Morgan fingerprint density at radius 1 is 1.08 bits per heavy atom. The van der Waals surface area contributed by atoms with E-state index in [1.165, 1.54) is 0 Å². The summed E-state index contributed by atoms with van der Waals surface area (Å²) in [6.45, 7) is 0.895. The molecule has 2 rings (SSSR count). The van der Waals surface area contributed by atoms with E-state index in [4.69, 9.17) is 10.2 Å². The topological polar surface area (TPSA) is 122 Å². The van der Waals surface area contributed by atoms with Gasteiger partial charge in [0.15, 0.2) is 5.96 Å². The third kappa shape index (κ3) is 7.13. The predicted molar refractivity (Wildman–Crippen MR) is 109 cm³/mol. The number of hydrogen-bond acceptors (Lipinski definition) is 4. The molecule has 0 aliphatic heterocycles. The van der Waals surface area contributed by atoms with Crippen LogP contribution in [0, 0.1) is 0 Å². The minimum Gasteiger partial charge on any atom is -0.467 e. The largest absolute Gasteiger partial charge is 0.467 e. The van der Waals surface area contributed by atoms with Gasteiger partial charge in [0.2, 0.25) is 5.91 Å². The Morgan fingerprint density at radius 3 is 2.35 bits per heavy atom. The van der Waals surface area contributed by atoms with Crippen molar-refractivity contribution < 1.29 is 14.0 Å². The first-order chi connectivity index (χ1) is 12.1. The van der Waals surface area contributed by atoms with Crippen LogP contribution in [0.3, 0.4) is 0 Å². The first-order valence-corrected chi connectivity index (χ1v) is 7.71. The Hall–Kier alpha value is -2.56. The second-order valence-electron chi connectivity index (χ2n) is 5.20. The molecule has 0 saturated heterocycles. The smallest absolute Gasteiger partial charge is 0.251 e. The van der Waals surface area contributed by atoms with Crippen LogP contribution in [0.15, 0.2) is 52.1 Å². The van der Waals surface area contributed by atoms with Crippen LogP contribution in [0.5, 0.6) is 0 Å². The van der Waals surface area contributed by atoms with Crippen LogP contribution < -0.4 is 21.7 Å². The van der Waals surface area contributed by atoms with Crippen LogP contribution in [0.25, 0.3) is 0 Å². The van der Waals surface area contributed by atoms with Crippen molar-refractivity contribution in [1.29, 1.82) is 0 Å². The van der Waals surface area contributed by atoms with E-state index in [0.717, 1.165) is 11.3 Å². The molecule has 5 N–H and O–H groups in total. The summed E-state index contributed by atoms with van der Waals surface area (Å²) in [6, 6.07) is 10.7. The highest BCUT2D eigenvalue weighted by Gasteiger charge is 2.06. The highest BCUT2D eigenvalue weighted by molar-refractivity contribution is 14.0. The third-order valence-electron chi connectivity index (χ3n) is 3.33. The number of nitrogens with two attached hydrogens (primary N) is 1. The molecule has 0 radical (unpaired) electrons. The highest BCUT2D eigenvalue weighted by Crippen LogP contribution is 2.04. The maximum Gasteiger partial charge on any atom is 0.251 e. The Kier molecular flexibility index (Phi) is 9.20. The highest BCUT2D eigenvalue weighted by atomic mass is 127. The van der Waals surface area contributed by atoms with Gasteiger partial charge in [-0.05, 0) is 29.8 Å². The normalized spacial score (nSPS) is 10.6. The lowest BCUT2D eigenvalue weighted by Crippen LogP contribution is -2.36. The number of nitrogens with zero attached hydrogens (tertiary/aromatic N) is 1. The number of hydrogen-bond donors (Lipinski definition) is 4. The molecule has 0 bridgehead atoms. The first kappa shape index (κ1) is 21.5. The van der Waals surface area contributed by atoms with Gasteiger partial charge in [-0.25, -0.2) is 0 Å². The molecule has 0 unspecified atom stereocenters. The lowest BCUT2D eigenvalue weighted by molar-refractivity contribution is -0.117. The van der Waals surface area contributed by atoms with Gasteiger partial charge < -0.3 is 26.1 Å². The standard InChI is InChI=1S/C17H21N5O3.HI/c1-19-17(22-10-14-3-2-8-25-14)21-9-12-4-6-13(7-5-12)16(24)20-11-15(18)23;/h2-8H,9-11H2,1H3,(H2,18,23)(H,20,24)(H2,19,21,22);1H. The predicted octanol–water partition coefficient (Wildman–Crippen LogP) is 0.978. The number of nitrogens with one attached hydrogen (secondary N) is 3. The molecule has 0 spiro atoms. The van der Waals surface area contributed by atoms with Gasteiger partial charge in [0.1, 0.15) is 5.76 Å². The number of aliphatic imine (C=N–C) groups is 1. The Balaban J connectivity index is 0.00000338. The van der Waals surface area contributed by atoms with Gasteiger partial charge in [-0.3, -0.25) is 14.6 Å². The van der Waals surface area contributed by atoms with Gasteiger partial charge in [0.25, 0.3) is 5.91 Å². The fourth-order valence-electron chi connectivity index (χ4n) is 2.03. The van der Waals surface area contributed by atoms with Crippen molar-refractivity contribution >= 4 is 41.8 Å². The van der Waals surface area contributed by atoms with E-state index in [9.17, 15) is 9.59 Å². The molecule has 8 nitrogen and oxygen atoms in total. The number of rotatable bonds is 7. The average Bonchev–Trinajstić information content (AvgIpc) is 3.14. The Morgan fingerprint density at radius 2 is 1.77 bits per heavy atom. The lowest BCUT2D eigenvalue weighted by Gasteiger charge is -2.11. The fourth-order valence-corrected chi connectivity index (χ4v) is 2.03. The molecular weight excluding hydrogens is 449 g/mol. The number of carbonyl (C=O) groups excluding carboxylic acids is 2. The van der Waals surface area contributed by atoms with Crippen molar-refractivity contribution in [3.8, 4) is 0 Å². The van der Waals surface area contributed by atoms with E-state index in [-0.39, 0.29) is 36.4 Å². The number of carbonyl (C=O) groups is 2. The van der Waals surface area contributed by atoms with Gasteiger partial charge in [-0.1, -0.05) is 12.1 Å². The number of furan rings is 1. The summed E-state index contributed by atoms with van der Waals surface area (Å²) in [5.41, 5.74) is 6.44. The Bertz CT molecular complexity index is 729. The quantitative estimate of drug-likeness (QED) is 0.273. The van der Waals surface area contributed by atoms with Gasteiger partial charge in [-0.2, -0.15) is 0 Å². The average molecular weight is 471 g/mol. The van der Waals surface area contributed by atoms with Crippen LogP contribution in [0.1, 0.15) is 21.7 Å². The van der Waals surface area contributed by atoms with E-state index >= 15 is 0 Å². The summed E-state index contributed by atoms with van der Waals surface area (Å²) in [7, 11) is 1.68. The molecule has 1 aromatic heterocycles. The first-order valence-electron chi connectivity index (χ1n) is 7.71. The van der Waals surface area contributed by atoms with Crippen LogP contribution in [-0.4, -0.2) is 31.4 Å². The summed E-state index contributed by atoms with van der Waals surface area (Å²) in [5.74, 6) is 0.533. The summed E-state index contributed by atoms with van der Waals surface area (Å²) in [4.78, 5) is 26.6. The maximum absolute atomic E-state index is 11.8. The van der Waals surface area contributed by atoms with E-state index < -0.39 is 5.91 Å². The van der Waals surface area contributed by atoms with E-state index in [2.05, 4.69) is 20.9 Å². The molecule has 0 atom stereocenters. The second-order valence-corrected chi connectivity index (χ2v) is 5.20. The maximum atomic E-state index is 11.8. The van der Waals surface area contributed by atoms with Crippen LogP contribution >= 0.6 is 24.0 Å². The number of halogens is 1. The summed E-state index contributed by atoms with van der Waals surface area (Å²) < 4.78 is 5.25. The van der Waals surface area contributed by atoms with Gasteiger partial charge >= 0.3 is 0 Å². The molecule has 0 aliphatic carbocycles. The minimum atomic E-state index is -0.581. The summed E-state index contributed by atoms with van der Waals surface area (Å²) in [6.07, 6.45) is 1.62.